The van der Waals surface area contributed by atoms with Crippen molar-refractivity contribution in [3.63, 3.8) is 0 Å². The first-order valence-electron chi connectivity index (χ1n) is 8.17. The van der Waals surface area contributed by atoms with Crippen LogP contribution in [0.2, 0.25) is 0 Å². The molecule has 0 bridgehead atoms. The fourth-order valence-electron chi connectivity index (χ4n) is 2.80. The lowest BCUT2D eigenvalue weighted by molar-refractivity contribution is -0.118. The number of piperazine rings is 1. The number of primary amides is 1. The lowest BCUT2D eigenvalue weighted by atomic mass is 10.1. The van der Waals surface area contributed by atoms with Crippen LogP contribution in [0.3, 0.4) is 0 Å². The summed E-state index contributed by atoms with van der Waals surface area (Å²) in [5, 5.41) is 3.33. The molecule has 3 N–H and O–H groups in total. The SMILES string of the molecule is CC(C)c1cc(N2CCNC(CC(N)=O)C2)nc(-n2ccnc2)n1. The molecule has 1 amide bonds. The number of aromatic nitrogens is 4. The Morgan fingerprint density at radius 2 is 2.29 bits per heavy atom. The van der Waals surface area contributed by atoms with Gasteiger partial charge < -0.3 is 16.0 Å². The van der Waals surface area contributed by atoms with E-state index >= 15 is 0 Å². The number of rotatable bonds is 5. The first kappa shape index (κ1) is 16.4. The second-order valence-corrected chi connectivity index (χ2v) is 6.34. The average Bonchev–Trinajstić information content (AvgIpc) is 3.08. The molecule has 24 heavy (non-hydrogen) atoms. The summed E-state index contributed by atoms with van der Waals surface area (Å²) in [6.07, 6.45) is 5.56. The zero-order chi connectivity index (χ0) is 17.1. The summed E-state index contributed by atoms with van der Waals surface area (Å²) in [6.45, 7) is 6.53. The maximum absolute atomic E-state index is 11.2. The van der Waals surface area contributed by atoms with E-state index in [0.29, 0.717) is 24.8 Å². The van der Waals surface area contributed by atoms with Gasteiger partial charge in [0.25, 0.3) is 0 Å². The monoisotopic (exact) mass is 329 g/mol. The Kier molecular flexibility index (Phi) is 4.75. The van der Waals surface area contributed by atoms with Gasteiger partial charge in [0, 0.05) is 50.6 Å². The number of imidazole rings is 1. The fraction of sp³-hybridized carbons (Fsp3) is 0.500. The van der Waals surface area contributed by atoms with Gasteiger partial charge in [-0.3, -0.25) is 9.36 Å². The second kappa shape index (κ2) is 6.96. The Bertz CT molecular complexity index is 698. The van der Waals surface area contributed by atoms with Gasteiger partial charge in [0.05, 0.1) is 5.69 Å². The topological polar surface area (TPSA) is 102 Å². The van der Waals surface area contributed by atoms with E-state index in [9.17, 15) is 4.79 Å². The van der Waals surface area contributed by atoms with E-state index in [-0.39, 0.29) is 11.9 Å². The summed E-state index contributed by atoms with van der Waals surface area (Å²) in [6, 6.07) is 2.07. The van der Waals surface area contributed by atoms with Crippen molar-refractivity contribution < 1.29 is 4.79 Å². The quantitative estimate of drug-likeness (QED) is 0.825. The van der Waals surface area contributed by atoms with E-state index in [2.05, 4.69) is 39.0 Å². The first-order valence-corrected chi connectivity index (χ1v) is 8.17. The molecule has 2 aromatic heterocycles. The molecule has 0 aliphatic carbocycles. The van der Waals surface area contributed by atoms with E-state index in [1.807, 2.05) is 12.3 Å². The van der Waals surface area contributed by atoms with Crippen molar-refractivity contribution >= 4 is 11.7 Å². The molecule has 1 aliphatic rings. The maximum atomic E-state index is 11.2. The molecule has 1 fully saturated rings. The van der Waals surface area contributed by atoms with Crippen LogP contribution in [-0.4, -0.2) is 51.1 Å². The number of amides is 1. The normalized spacial score (nSPS) is 18.1. The number of carbonyl (C=O) groups excluding carboxylic acids is 1. The highest BCUT2D eigenvalue weighted by Gasteiger charge is 2.23. The standard InChI is InChI=1S/C16H23N7O/c1-11(2)13-8-15(21-16(20-13)23-5-3-18-10-23)22-6-4-19-12(9-22)7-14(17)24/h3,5,8,10-12,19H,4,6-7,9H2,1-2H3,(H2,17,24). The van der Waals surface area contributed by atoms with Crippen molar-refractivity contribution in [1.82, 2.24) is 24.8 Å². The molecule has 0 spiro atoms. The molecule has 1 saturated heterocycles. The highest BCUT2D eigenvalue weighted by molar-refractivity contribution is 5.74. The Hall–Kier alpha value is -2.48. The summed E-state index contributed by atoms with van der Waals surface area (Å²) in [5.74, 6) is 1.48. The Morgan fingerprint density at radius 1 is 1.46 bits per heavy atom. The van der Waals surface area contributed by atoms with Gasteiger partial charge in [0.2, 0.25) is 11.9 Å². The minimum atomic E-state index is -0.293. The summed E-state index contributed by atoms with van der Waals surface area (Å²) in [4.78, 5) is 26.8. The molecular formula is C16H23N7O. The van der Waals surface area contributed by atoms with Crippen LogP contribution in [0.4, 0.5) is 5.82 Å². The van der Waals surface area contributed by atoms with Crippen LogP contribution >= 0.6 is 0 Å². The van der Waals surface area contributed by atoms with Crippen LogP contribution in [0, 0.1) is 0 Å². The molecule has 0 aromatic carbocycles. The highest BCUT2D eigenvalue weighted by atomic mass is 16.1. The summed E-state index contributed by atoms with van der Waals surface area (Å²) >= 11 is 0. The van der Waals surface area contributed by atoms with Crippen LogP contribution in [0.15, 0.2) is 24.8 Å². The van der Waals surface area contributed by atoms with Gasteiger partial charge in [-0.1, -0.05) is 13.8 Å². The molecule has 128 valence electrons. The van der Waals surface area contributed by atoms with Crippen LogP contribution < -0.4 is 16.0 Å². The minimum Gasteiger partial charge on any atom is -0.370 e. The van der Waals surface area contributed by atoms with Crippen molar-refractivity contribution in [3.8, 4) is 5.95 Å². The predicted octanol–water partition coefficient (Wildman–Crippen LogP) is 0.439. The summed E-state index contributed by atoms with van der Waals surface area (Å²) in [7, 11) is 0. The number of anilines is 1. The van der Waals surface area contributed by atoms with Crippen molar-refractivity contribution in [3.05, 3.63) is 30.5 Å². The molecule has 1 unspecified atom stereocenters. The third-order valence-corrected chi connectivity index (χ3v) is 4.07. The lowest BCUT2D eigenvalue weighted by Gasteiger charge is -2.34. The number of hydrogen-bond acceptors (Lipinski definition) is 6. The van der Waals surface area contributed by atoms with Crippen LogP contribution in [0.1, 0.15) is 31.9 Å². The molecule has 3 heterocycles. The second-order valence-electron chi connectivity index (χ2n) is 6.34. The molecule has 0 saturated carbocycles. The van der Waals surface area contributed by atoms with Gasteiger partial charge in [-0.25, -0.2) is 9.97 Å². The van der Waals surface area contributed by atoms with Crippen molar-refractivity contribution in [2.75, 3.05) is 24.5 Å². The van der Waals surface area contributed by atoms with E-state index in [1.165, 1.54) is 0 Å². The number of nitrogens with one attached hydrogen (secondary N) is 1. The molecule has 3 rings (SSSR count). The van der Waals surface area contributed by atoms with Gasteiger partial charge in [-0.2, -0.15) is 4.98 Å². The Morgan fingerprint density at radius 3 is 2.96 bits per heavy atom. The average molecular weight is 329 g/mol. The summed E-state index contributed by atoms with van der Waals surface area (Å²) in [5.41, 5.74) is 6.31. The van der Waals surface area contributed by atoms with Gasteiger partial charge in [-0.05, 0) is 5.92 Å². The molecule has 8 heteroatoms. The van der Waals surface area contributed by atoms with Crippen LogP contribution in [0.25, 0.3) is 5.95 Å². The third kappa shape index (κ3) is 3.70. The van der Waals surface area contributed by atoms with E-state index in [1.54, 1.807) is 17.1 Å². The van der Waals surface area contributed by atoms with Gasteiger partial charge >= 0.3 is 0 Å². The lowest BCUT2D eigenvalue weighted by Crippen LogP contribution is -2.52. The summed E-state index contributed by atoms with van der Waals surface area (Å²) < 4.78 is 1.80. The molecular weight excluding hydrogens is 306 g/mol. The predicted molar refractivity (Wildman–Crippen MR) is 91.1 cm³/mol. The van der Waals surface area contributed by atoms with Crippen molar-refractivity contribution in [1.29, 1.82) is 0 Å². The van der Waals surface area contributed by atoms with Gasteiger partial charge in [-0.15, -0.1) is 0 Å². The molecule has 8 nitrogen and oxygen atoms in total. The third-order valence-electron chi connectivity index (χ3n) is 4.07. The van der Waals surface area contributed by atoms with Crippen molar-refractivity contribution in [2.45, 2.75) is 32.2 Å². The number of nitrogens with two attached hydrogens (primary N) is 1. The number of hydrogen-bond donors (Lipinski definition) is 2. The van der Waals surface area contributed by atoms with E-state index in [4.69, 9.17) is 5.73 Å². The molecule has 1 aliphatic heterocycles. The van der Waals surface area contributed by atoms with Gasteiger partial charge in [0.1, 0.15) is 12.1 Å². The maximum Gasteiger partial charge on any atom is 0.237 e. The largest absolute Gasteiger partial charge is 0.370 e. The molecule has 1 atom stereocenters. The van der Waals surface area contributed by atoms with Crippen LogP contribution in [0.5, 0.6) is 0 Å². The zero-order valence-corrected chi connectivity index (χ0v) is 14.0. The highest BCUT2D eigenvalue weighted by Crippen LogP contribution is 2.21. The number of nitrogens with zero attached hydrogens (tertiary/aromatic N) is 5. The van der Waals surface area contributed by atoms with Crippen LogP contribution in [-0.2, 0) is 4.79 Å². The Balaban J connectivity index is 1.90. The first-order chi connectivity index (χ1) is 11.5. The Labute approximate surface area is 141 Å². The van der Waals surface area contributed by atoms with E-state index < -0.39 is 0 Å². The zero-order valence-electron chi connectivity index (χ0n) is 14.0. The smallest absolute Gasteiger partial charge is 0.237 e. The minimum absolute atomic E-state index is 0.0467. The molecule has 0 radical (unpaired) electrons. The van der Waals surface area contributed by atoms with E-state index in [0.717, 1.165) is 24.6 Å². The fourth-order valence-corrected chi connectivity index (χ4v) is 2.80. The van der Waals surface area contributed by atoms with Crippen molar-refractivity contribution in [2.24, 2.45) is 5.73 Å². The number of carbonyl (C=O) groups is 1. The van der Waals surface area contributed by atoms with Gasteiger partial charge in [0.15, 0.2) is 0 Å². The molecule has 2 aromatic rings.